The maximum atomic E-state index is 14.4. The molecule has 0 aromatic heterocycles. The van der Waals surface area contributed by atoms with Crippen molar-refractivity contribution in [1.82, 2.24) is 10.2 Å². The van der Waals surface area contributed by atoms with Crippen LogP contribution >= 0.6 is 15.9 Å². The van der Waals surface area contributed by atoms with E-state index in [1.807, 2.05) is 68.4 Å². The van der Waals surface area contributed by atoms with E-state index >= 15 is 0 Å². The smallest absolute Gasteiger partial charge is 0.264 e. The Morgan fingerprint density at radius 2 is 1.50 bits per heavy atom. The number of carbonyl (C=O) groups excluding carboxylic acids is 2. The summed E-state index contributed by atoms with van der Waals surface area (Å²) < 4.78 is 35.4. The number of anilines is 1. The Bertz CT molecular complexity index is 1650. The Morgan fingerprint density at radius 1 is 0.864 bits per heavy atom. The van der Waals surface area contributed by atoms with Gasteiger partial charge in [0, 0.05) is 24.0 Å². The van der Waals surface area contributed by atoms with Gasteiger partial charge in [0.2, 0.25) is 11.8 Å². The summed E-state index contributed by atoms with van der Waals surface area (Å²) in [7, 11) is -2.65. The predicted molar refractivity (Wildman–Crippen MR) is 176 cm³/mol. The summed E-state index contributed by atoms with van der Waals surface area (Å²) in [5, 5.41) is 2.87. The molecule has 0 fully saturated rings. The van der Waals surface area contributed by atoms with E-state index in [1.54, 1.807) is 36.4 Å². The number of halogens is 1. The van der Waals surface area contributed by atoms with Gasteiger partial charge >= 0.3 is 0 Å². The summed E-state index contributed by atoms with van der Waals surface area (Å²) in [6.07, 6.45) is 0.252. The second-order valence-corrected chi connectivity index (χ2v) is 13.0. The van der Waals surface area contributed by atoms with Crippen molar-refractivity contribution in [3.63, 3.8) is 0 Å². The van der Waals surface area contributed by atoms with E-state index in [0.29, 0.717) is 18.0 Å². The molecule has 0 saturated carbocycles. The highest BCUT2D eigenvalue weighted by atomic mass is 79.9. The lowest BCUT2D eigenvalue weighted by Crippen LogP contribution is -2.53. The summed E-state index contributed by atoms with van der Waals surface area (Å²) in [5.41, 5.74) is 2.86. The summed E-state index contributed by atoms with van der Waals surface area (Å²) in [5.74, 6) is -0.297. The number of methoxy groups -OCH3 is 1. The largest absolute Gasteiger partial charge is 0.497 e. The van der Waals surface area contributed by atoms with Crippen LogP contribution in [-0.4, -0.2) is 51.4 Å². The molecule has 0 bridgehead atoms. The number of nitrogens with one attached hydrogen (secondary N) is 1. The van der Waals surface area contributed by atoms with Crippen LogP contribution in [0, 0.1) is 6.92 Å². The van der Waals surface area contributed by atoms with E-state index in [-0.39, 0.29) is 23.8 Å². The molecule has 4 aromatic rings. The third kappa shape index (κ3) is 8.27. The number of rotatable bonds is 13. The third-order valence-corrected chi connectivity index (χ3v) is 9.45. The van der Waals surface area contributed by atoms with Crippen LogP contribution in [0.5, 0.6) is 5.75 Å². The second kappa shape index (κ2) is 15.0. The van der Waals surface area contributed by atoms with Crippen molar-refractivity contribution >= 4 is 43.5 Å². The topological polar surface area (TPSA) is 96.0 Å². The Balaban J connectivity index is 1.79. The van der Waals surface area contributed by atoms with E-state index in [0.717, 1.165) is 25.5 Å². The van der Waals surface area contributed by atoms with Gasteiger partial charge in [-0.3, -0.25) is 13.9 Å². The normalized spacial score (nSPS) is 11.8. The molecule has 1 atom stereocenters. The average molecular weight is 679 g/mol. The maximum absolute atomic E-state index is 14.4. The highest BCUT2D eigenvalue weighted by molar-refractivity contribution is 9.10. The number of hydrogen-bond donors (Lipinski definition) is 1. The second-order valence-electron chi connectivity index (χ2n) is 10.3. The molecule has 230 valence electrons. The van der Waals surface area contributed by atoms with Gasteiger partial charge in [-0.25, -0.2) is 8.42 Å². The van der Waals surface area contributed by atoms with Crippen molar-refractivity contribution in [3.8, 4) is 5.75 Å². The SMILES string of the molecule is CCNC(=O)C(Cc1ccccc1)N(Cc1ccc(Br)cc1)C(=O)CN(c1ccc(OC)cc1)S(=O)(=O)c1ccc(C)cc1. The Morgan fingerprint density at radius 3 is 2.09 bits per heavy atom. The minimum absolute atomic E-state index is 0.0516. The molecular weight excluding hydrogens is 642 g/mol. The fraction of sp³-hybridized carbons (Fsp3) is 0.235. The molecule has 8 nitrogen and oxygen atoms in total. The molecule has 0 heterocycles. The highest BCUT2D eigenvalue weighted by Gasteiger charge is 2.34. The monoisotopic (exact) mass is 677 g/mol. The van der Waals surface area contributed by atoms with Crippen molar-refractivity contribution in [2.45, 2.75) is 37.8 Å². The minimum atomic E-state index is -4.17. The highest BCUT2D eigenvalue weighted by Crippen LogP contribution is 2.27. The van der Waals surface area contributed by atoms with E-state index in [1.165, 1.54) is 24.1 Å². The molecule has 0 radical (unpaired) electrons. The lowest BCUT2D eigenvalue weighted by atomic mass is 10.0. The first-order chi connectivity index (χ1) is 21.1. The number of benzene rings is 4. The summed E-state index contributed by atoms with van der Waals surface area (Å²) in [4.78, 5) is 29.5. The van der Waals surface area contributed by atoms with E-state index in [2.05, 4.69) is 21.2 Å². The molecule has 2 amide bonds. The van der Waals surface area contributed by atoms with Gasteiger partial charge in [0.15, 0.2) is 0 Å². The van der Waals surface area contributed by atoms with Gasteiger partial charge in [-0.15, -0.1) is 0 Å². The summed E-state index contributed by atoms with van der Waals surface area (Å²) in [6.45, 7) is 3.64. The number of carbonyl (C=O) groups is 2. The Kier molecular flexibility index (Phi) is 11.2. The van der Waals surface area contributed by atoms with E-state index in [9.17, 15) is 18.0 Å². The zero-order valence-electron chi connectivity index (χ0n) is 24.9. The van der Waals surface area contributed by atoms with Crippen molar-refractivity contribution < 1.29 is 22.7 Å². The summed E-state index contributed by atoms with van der Waals surface area (Å²) in [6, 6.07) is 29.0. The molecule has 0 aliphatic rings. The zero-order valence-corrected chi connectivity index (χ0v) is 27.3. The van der Waals surface area contributed by atoms with Crippen molar-refractivity contribution in [3.05, 3.63) is 124 Å². The molecule has 0 aliphatic carbocycles. The number of amides is 2. The third-order valence-electron chi connectivity index (χ3n) is 7.14. The lowest BCUT2D eigenvalue weighted by molar-refractivity contribution is -0.140. The van der Waals surface area contributed by atoms with Gasteiger partial charge in [-0.05, 0) is 73.5 Å². The first-order valence-corrected chi connectivity index (χ1v) is 16.4. The molecule has 0 saturated heterocycles. The molecule has 0 spiro atoms. The van der Waals surface area contributed by atoms with Crippen LogP contribution in [0.1, 0.15) is 23.6 Å². The van der Waals surface area contributed by atoms with Crippen LogP contribution in [-0.2, 0) is 32.6 Å². The lowest BCUT2D eigenvalue weighted by Gasteiger charge is -2.34. The van der Waals surface area contributed by atoms with E-state index < -0.39 is 28.5 Å². The van der Waals surface area contributed by atoms with Crippen LogP contribution in [0.15, 0.2) is 112 Å². The Hall–Kier alpha value is -4.15. The number of aryl methyl sites for hydroxylation is 1. The van der Waals surface area contributed by atoms with Gasteiger partial charge in [-0.1, -0.05) is 76.1 Å². The van der Waals surface area contributed by atoms with Crippen LogP contribution in [0.2, 0.25) is 0 Å². The van der Waals surface area contributed by atoms with Gasteiger partial charge in [0.05, 0.1) is 17.7 Å². The standard InChI is InChI=1S/C34H36BrN3O5S/c1-4-36-34(40)32(22-26-8-6-5-7-9-26)37(23-27-12-14-28(35)15-13-27)33(39)24-38(29-16-18-30(43-3)19-17-29)44(41,42)31-20-10-25(2)11-21-31/h5-21,32H,4,22-24H2,1-3H3,(H,36,40). The van der Waals surface area contributed by atoms with Crippen LogP contribution in [0.25, 0.3) is 0 Å². The van der Waals surface area contributed by atoms with Crippen LogP contribution in [0.4, 0.5) is 5.69 Å². The molecular formula is C34H36BrN3O5S. The fourth-order valence-electron chi connectivity index (χ4n) is 4.75. The zero-order chi connectivity index (χ0) is 31.7. The molecule has 4 rings (SSSR count). The van der Waals surface area contributed by atoms with Gasteiger partial charge in [0.1, 0.15) is 18.3 Å². The van der Waals surface area contributed by atoms with Gasteiger partial charge < -0.3 is 15.0 Å². The fourth-order valence-corrected chi connectivity index (χ4v) is 6.43. The number of hydrogen-bond acceptors (Lipinski definition) is 5. The van der Waals surface area contributed by atoms with Gasteiger partial charge in [-0.2, -0.15) is 0 Å². The van der Waals surface area contributed by atoms with Crippen molar-refractivity contribution in [1.29, 1.82) is 0 Å². The number of nitrogens with zero attached hydrogens (tertiary/aromatic N) is 2. The number of sulfonamides is 1. The molecule has 1 N–H and O–H groups in total. The average Bonchev–Trinajstić information content (AvgIpc) is 3.03. The van der Waals surface area contributed by atoms with Gasteiger partial charge in [0.25, 0.3) is 10.0 Å². The minimum Gasteiger partial charge on any atom is -0.497 e. The molecule has 10 heteroatoms. The maximum Gasteiger partial charge on any atom is 0.264 e. The molecule has 1 unspecified atom stereocenters. The molecule has 0 aliphatic heterocycles. The quantitative estimate of drug-likeness (QED) is 0.195. The molecule has 4 aromatic carbocycles. The predicted octanol–water partition coefficient (Wildman–Crippen LogP) is 5.74. The van der Waals surface area contributed by atoms with Crippen LogP contribution < -0.4 is 14.4 Å². The van der Waals surface area contributed by atoms with Crippen molar-refractivity contribution in [2.75, 3.05) is 24.5 Å². The van der Waals surface area contributed by atoms with E-state index in [4.69, 9.17) is 4.74 Å². The number of ether oxygens (including phenoxy) is 1. The first kappa shape index (κ1) is 32.8. The molecule has 44 heavy (non-hydrogen) atoms. The first-order valence-electron chi connectivity index (χ1n) is 14.2. The Labute approximate surface area is 267 Å². The summed E-state index contributed by atoms with van der Waals surface area (Å²) >= 11 is 3.45. The van der Waals surface area contributed by atoms with Crippen LogP contribution in [0.3, 0.4) is 0 Å². The number of likely N-dealkylation sites (N-methyl/N-ethyl adjacent to an activating group) is 1. The van der Waals surface area contributed by atoms with Crippen molar-refractivity contribution in [2.24, 2.45) is 0 Å².